The van der Waals surface area contributed by atoms with E-state index in [-0.39, 0.29) is 0 Å². The van der Waals surface area contributed by atoms with Crippen molar-refractivity contribution in [1.82, 2.24) is 9.55 Å². The zero-order valence-electron chi connectivity index (χ0n) is 7.09. The van der Waals surface area contributed by atoms with Crippen LogP contribution in [0, 0.1) is 5.92 Å². The fourth-order valence-corrected chi connectivity index (χ4v) is 1.48. The molecular weight excluding hydrogens is 148 g/mol. The molecule has 1 aromatic rings. The maximum absolute atomic E-state index is 4.03. The molecule has 0 bridgehead atoms. The van der Waals surface area contributed by atoms with Crippen LogP contribution in [0.1, 0.15) is 13.0 Å². The summed E-state index contributed by atoms with van der Waals surface area (Å²) in [4.78, 5) is 4.03. The number of imidazole rings is 1. The lowest BCUT2D eigenvalue weighted by molar-refractivity contribution is 0.479. The number of hydrogen-bond acceptors (Lipinski definition) is 1. The van der Waals surface area contributed by atoms with Gasteiger partial charge in [-0.1, -0.05) is 24.3 Å². The molecule has 12 heavy (non-hydrogen) atoms. The molecule has 0 unspecified atom stereocenters. The first-order chi connectivity index (χ1) is 5.88. The molecule has 0 spiro atoms. The molecule has 1 aromatic heterocycles. The van der Waals surface area contributed by atoms with Crippen molar-refractivity contribution in [1.29, 1.82) is 0 Å². The molecule has 0 radical (unpaired) electrons. The van der Waals surface area contributed by atoms with Gasteiger partial charge in [0.05, 0.1) is 6.33 Å². The van der Waals surface area contributed by atoms with E-state index in [0.29, 0.717) is 12.0 Å². The molecule has 1 atom stereocenters. The summed E-state index contributed by atoms with van der Waals surface area (Å²) in [7, 11) is 0. The van der Waals surface area contributed by atoms with Gasteiger partial charge in [-0.3, -0.25) is 0 Å². The average Bonchev–Trinajstić information content (AvgIpc) is 2.77. The molecule has 1 aliphatic carbocycles. The van der Waals surface area contributed by atoms with Crippen molar-refractivity contribution >= 4 is 0 Å². The molecular formula is C10H12N2. The number of allylic oxidation sites excluding steroid dienone is 4. The number of nitrogens with zero attached hydrogens (tertiary/aromatic N) is 2. The van der Waals surface area contributed by atoms with E-state index in [1.807, 2.05) is 18.7 Å². The van der Waals surface area contributed by atoms with Crippen molar-refractivity contribution in [2.75, 3.05) is 0 Å². The summed E-state index contributed by atoms with van der Waals surface area (Å²) in [5, 5.41) is 0. The monoisotopic (exact) mass is 160 g/mol. The molecule has 2 heteroatoms. The Bertz CT molecular complexity index is 284. The Kier molecular flexibility index (Phi) is 1.82. The van der Waals surface area contributed by atoms with Gasteiger partial charge in [-0.15, -0.1) is 0 Å². The van der Waals surface area contributed by atoms with Gasteiger partial charge >= 0.3 is 0 Å². The average molecular weight is 160 g/mol. The quantitative estimate of drug-likeness (QED) is 0.648. The highest BCUT2D eigenvalue weighted by Crippen LogP contribution is 2.23. The molecule has 0 amide bonds. The van der Waals surface area contributed by atoms with E-state index >= 15 is 0 Å². The molecule has 62 valence electrons. The zero-order chi connectivity index (χ0) is 8.39. The SMILES string of the molecule is C[C@H](C1C=CC=C1)n1ccnc1. The highest BCUT2D eigenvalue weighted by molar-refractivity contribution is 5.19. The van der Waals surface area contributed by atoms with Crippen molar-refractivity contribution in [2.45, 2.75) is 13.0 Å². The van der Waals surface area contributed by atoms with E-state index in [2.05, 4.69) is 40.8 Å². The predicted molar refractivity (Wildman–Crippen MR) is 48.7 cm³/mol. The number of hydrogen-bond donors (Lipinski definition) is 0. The second-order valence-corrected chi connectivity index (χ2v) is 3.10. The standard InChI is InChI=1S/C10H12N2/c1-9(10-4-2-3-5-10)12-7-6-11-8-12/h2-10H,1H3/t9-/m1/s1. The molecule has 0 fully saturated rings. The van der Waals surface area contributed by atoms with Gasteiger partial charge < -0.3 is 4.57 Å². The van der Waals surface area contributed by atoms with Gasteiger partial charge in [-0.2, -0.15) is 0 Å². The third-order valence-corrected chi connectivity index (χ3v) is 2.33. The Balaban J connectivity index is 2.15. The first-order valence-electron chi connectivity index (χ1n) is 4.20. The Labute approximate surface area is 72.2 Å². The summed E-state index contributed by atoms with van der Waals surface area (Å²) < 4.78 is 2.13. The third kappa shape index (κ3) is 1.20. The zero-order valence-corrected chi connectivity index (χ0v) is 7.09. The Morgan fingerprint density at radius 1 is 1.33 bits per heavy atom. The van der Waals surface area contributed by atoms with Crippen LogP contribution in [0.25, 0.3) is 0 Å². The van der Waals surface area contributed by atoms with Crippen molar-refractivity contribution in [3.63, 3.8) is 0 Å². The van der Waals surface area contributed by atoms with Crippen LogP contribution in [0.2, 0.25) is 0 Å². The number of rotatable bonds is 2. The Morgan fingerprint density at radius 3 is 2.67 bits per heavy atom. The Hall–Kier alpha value is -1.31. The van der Waals surface area contributed by atoms with Gasteiger partial charge in [0.25, 0.3) is 0 Å². The van der Waals surface area contributed by atoms with Crippen LogP contribution in [-0.2, 0) is 0 Å². The van der Waals surface area contributed by atoms with Crippen LogP contribution in [0.15, 0.2) is 43.0 Å². The second kappa shape index (κ2) is 2.97. The maximum atomic E-state index is 4.03. The van der Waals surface area contributed by atoms with Crippen LogP contribution in [0.4, 0.5) is 0 Å². The summed E-state index contributed by atoms with van der Waals surface area (Å²) in [6.07, 6.45) is 14.3. The molecule has 2 nitrogen and oxygen atoms in total. The van der Waals surface area contributed by atoms with E-state index in [9.17, 15) is 0 Å². The topological polar surface area (TPSA) is 17.8 Å². The minimum absolute atomic E-state index is 0.475. The molecule has 1 heterocycles. The lowest BCUT2D eigenvalue weighted by Crippen LogP contribution is -2.10. The van der Waals surface area contributed by atoms with Crippen LogP contribution in [0.3, 0.4) is 0 Å². The first kappa shape index (κ1) is 7.35. The van der Waals surface area contributed by atoms with Crippen LogP contribution in [-0.4, -0.2) is 9.55 Å². The predicted octanol–water partition coefficient (Wildman–Crippen LogP) is 2.19. The molecule has 0 saturated carbocycles. The minimum atomic E-state index is 0.475. The summed E-state index contributed by atoms with van der Waals surface area (Å²) in [5.41, 5.74) is 0. The highest BCUT2D eigenvalue weighted by Gasteiger charge is 2.13. The summed E-state index contributed by atoms with van der Waals surface area (Å²) in [6.45, 7) is 2.20. The molecule has 0 aromatic carbocycles. The highest BCUT2D eigenvalue weighted by atomic mass is 15.0. The van der Waals surface area contributed by atoms with Crippen molar-refractivity contribution in [2.24, 2.45) is 5.92 Å². The molecule has 0 aliphatic heterocycles. The minimum Gasteiger partial charge on any atom is -0.334 e. The van der Waals surface area contributed by atoms with E-state index in [1.165, 1.54) is 0 Å². The number of aromatic nitrogens is 2. The molecule has 2 rings (SSSR count). The van der Waals surface area contributed by atoms with E-state index in [0.717, 1.165) is 0 Å². The van der Waals surface area contributed by atoms with Gasteiger partial charge in [0.15, 0.2) is 0 Å². The normalized spacial score (nSPS) is 18.8. The van der Waals surface area contributed by atoms with Gasteiger partial charge in [0.1, 0.15) is 0 Å². The lowest BCUT2D eigenvalue weighted by Gasteiger charge is -2.16. The maximum Gasteiger partial charge on any atom is 0.0948 e. The summed E-state index contributed by atoms with van der Waals surface area (Å²) in [6, 6.07) is 0.475. The molecule has 0 saturated heterocycles. The second-order valence-electron chi connectivity index (χ2n) is 3.10. The van der Waals surface area contributed by atoms with Gasteiger partial charge in [0.2, 0.25) is 0 Å². The van der Waals surface area contributed by atoms with Crippen LogP contribution < -0.4 is 0 Å². The Morgan fingerprint density at radius 2 is 2.08 bits per heavy atom. The van der Waals surface area contributed by atoms with Crippen molar-refractivity contribution < 1.29 is 0 Å². The van der Waals surface area contributed by atoms with E-state index in [4.69, 9.17) is 0 Å². The van der Waals surface area contributed by atoms with E-state index < -0.39 is 0 Å². The fraction of sp³-hybridized carbons (Fsp3) is 0.300. The summed E-state index contributed by atoms with van der Waals surface area (Å²) in [5.74, 6) is 0.527. The lowest BCUT2D eigenvalue weighted by atomic mass is 10.0. The van der Waals surface area contributed by atoms with Crippen LogP contribution >= 0.6 is 0 Å². The largest absolute Gasteiger partial charge is 0.334 e. The van der Waals surface area contributed by atoms with Crippen LogP contribution in [0.5, 0.6) is 0 Å². The fourth-order valence-electron chi connectivity index (χ4n) is 1.48. The summed E-state index contributed by atoms with van der Waals surface area (Å²) >= 11 is 0. The first-order valence-corrected chi connectivity index (χ1v) is 4.20. The molecule has 1 aliphatic rings. The van der Waals surface area contributed by atoms with Gasteiger partial charge in [0, 0.05) is 24.4 Å². The van der Waals surface area contributed by atoms with Crippen molar-refractivity contribution in [3.05, 3.63) is 43.0 Å². The molecule has 0 N–H and O–H groups in total. The van der Waals surface area contributed by atoms with Gasteiger partial charge in [-0.25, -0.2) is 4.98 Å². The smallest absolute Gasteiger partial charge is 0.0948 e. The van der Waals surface area contributed by atoms with Gasteiger partial charge in [-0.05, 0) is 6.92 Å². The third-order valence-electron chi connectivity index (χ3n) is 2.33. The van der Waals surface area contributed by atoms with E-state index in [1.54, 1.807) is 0 Å². The van der Waals surface area contributed by atoms with Crippen molar-refractivity contribution in [3.8, 4) is 0 Å².